The van der Waals surface area contributed by atoms with Crippen molar-refractivity contribution in [3.05, 3.63) is 29.3 Å². The van der Waals surface area contributed by atoms with E-state index in [4.69, 9.17) is 27.4 Å². The van der Waals surface area contributed by atoms with Crippen molar-refractivity contribution in [2.24, 2.45) is 5.73 Å². The van der Waals surface area contributed by atoms with E-state index in [9.17, 15) is 0 Å². The van der Waals surface area contributed by atoms with Gasteiger partial charge in [-0.05, 0) is 19.1 Å². The van der Waals surface area contributed by atoms with Gasteiger partial charge in [-0.25, -0.2) is 0 Å². The van der Waals surface area contributed by atoms with Gasteiger partial charge in [0.25, 0.3) is 0 Å². The monoisotopic (exact) mass is 239 g/mol. The minimum Gasteiger partial charge on any atom is -0.493 e. The second-order valence-corrected chi connectivity index (χ2v) is 4.00. The number of methoxy groups -OCH3 is 1. The summed E-state index contributed by atoms with van der Waals surface area (Å²) in [6.45, 7) is 3.29. The molecule has 1 rings (SSSR count). The van der Waals surface area contributed by atoms with E-state index >= 15 is 0 Å². The summed E-state index contributed by atoms with van der Waals surface area (Å²) in [6, 6.07) is 5.82. The number of aryl methyl sites for hydroxylation is 1. The first-order chi connectivity index (χ1) is 7.65. The second-order valence-electron chi connectivity index (χ2n) is 3.56. The van der Waals surface area contributed by atoms with Gasteiger partial charge in [0.2, 0.25) is 0 Å². The molecule has 0 heterocycles. The van der Waals surface area contributed by atoms with Gasteiger partial charge in [-0.2, -0.15) is 0 Å². The van der Waals surface area contributed by atoms with Crippen LogP contribution in [0.4, 0.5) is 0 Å². The zero-order valence-corrected chi connectivity index (χ0v) is 10.5. The summed E-state index contributed by atoms with van der Waals surface area (Å²) in [7, 11) is 1.67. The van der Waals surface area contributed by atoms with Crippen molar-refractivity contribution in [2.75, 3.05) is 20.3 Å². The largest absolute Gasteiger partial charge is 0.493 e. The Labute approximate surface area is 102 Å². The summed E-state index contributed by atoms with van der Waals surface area (Å²) in [5.41, 5.74) is 7.56. The quantitative estimate of drug-likeness (QED) is 0.609. The summed E-state index contributed by atoms with van der Waals surface area (Å²) in [5.74, 6) is 0.745. The van der Waals surface area contributed by atoms with Gasteiger partial charge >= 0.3 is 0 Å². The van der Waals surface area contributed by atoms with E-state index < -0.39 is 0 Å². The highest BCUT2D eigenvalue weighted by molar-refractivity contribution is 7.80. The molecule has 1 aromatic carbocycles. The molecule has 0 amide bonds. The summed E-state index contributed by atoms with van der Waals surface area (Å²) < 4.78 is 10.6. The van der Waals surface area contributed by atoms with Crippen LogP contribution in [0.2, 0.25) is 0 Å². The van der Waals surface area contributed by atoms with Gasteiger partial charge in [0, 0.05) is 20.1 Å². The molecule has 0 saturated heterocycles. The fourth-order valence-corrected chi connectivity index (χ4v) is 1.51. The van der Waals surface area contributed by atoms with Crippen LogP contribution in [-0.4, -0.2) is 25.3 Å². The molecule has 0 atom stereocenters. The molecule has 0 bridgehead atoms. The van der Waals surface area contributed by atoms with Crippen LogP contribution in [0.1, 0.15) is 17.5 Å². The molecule has 16 heavy (non-hydrogen) atoms. The molecular formula is C12H17NO2S. The van der Waals surface area contributed by atoms with Gasteiger partial charge in [-0.15, -0.1) is 0 Å². The van der Waals surface area contributed by atoms with Crippen molar-refractivity contribution in [1.82, 2.24) is 0 Å². The summed E-state index contributed by atoms with van der Waals surface area (Å²) in [6.07, 6.45) is 0.848. The van der Waals surface area contributed by atoms with E-state index in [0.717, 1.165) is 23.3 Å². The molecule has 2 N–H and O–H groups in total. The third-order valence-corrected chi connectivity index (χ3v) is 2.37. The topological polar surface area (TPSA) is 44.5 Å². The highest BCUT2D eigenvalue weighted by Gasteiger charge is 2.06. The zero-order chi connectivity index (χ0) is 12.0. The molecule has 1 aromatic rings. The molecule has 4 heteroatoms. The normalized spacial score (nSPS) is 10.1. The van der Waals surface area contributed by atoms with Gasteiger partial charge in [-0.1, -0.05) is 23.8 Å². The minimum absolute atomic E-state index is 0.366. The summed E-state index contributed by atoms with van der Waals surface area (Å²) in [4.78, 5) is 0.366. The molecular weight excluding hydrogens is 222 g/mol. The van der Waals surface area contributed by atoms with Crippen molar-refractivity contribution in [2.45, 2.75) is 13.3 Å². The van der Waals surface area contributed by atoms with Crippen molar-refractivity contribution in [3.63, 3.8) is 0 Å². The van der Waals surface area contributed by atoms with Crippen molar-refractivity contribution < 1.29 is 9.47 Å². The lowest BCUT2D eigenvalue weighted by molar-refractivity contribution is 0.172. The summed E-state index contributed by atoms with van der Waals surface area (Å²) >= 11 is 4.98. The van der Waals surface area contributed by atoms with E-state index in [1.54, 1.807) is 7.11 Å². The van der Waals surface area contributed by atoms with Crippen LogP contribution >= 0.6 is 12.2 Å². The number of hydrogen-bond acceptors (Lipinski definition) is 3. The lowest BCUT2D eigenvalue weighted by atomic mass is 10.1. The third kappa shape index (κ3) is 3.79. The Hall–Kier alpha value is -1.13. The Kier molecular flexibility index (Phi) is 5.22. The van der Waals surface area contributed by atoms with E-state index in [0.29, 0.717) is 18.2 Å². The molecule has 3 nitrogen and oxygen atoms in total. The Morgan fingerprint density at radius 3 is 2.75 bits per heavy atom. The molecule has 0 fully saturated rings. The van der Waals surface area contributed by atoms with Crippen LogP contribution in [0.5, 0.6) is 5.75 Å². The molecule has 0 unspecified atom stereocenters. The number of ether oxygens (including phenoxy) is 2. The minimum atomic E-state index is 0.366. The number of thiocarbonyl (C=S) groups is 1. The standard InChI is InChI=1S/C12H17NO2S/c1-9-4-5-11(10(8-9)12(13)16)15-7-3-6-14-2/h4-5,8H,3,6-7H2,1-2H3,(H2,13,16). The predicted octanol–water partition coefficient (Wildman–Crippen LogP) is 2.04. The molecule has 0 aliphatic heterocycles. The SMILES string of the molecule is COCCCOc1ccc(C)cc1C(N)=S. The van der Waals surface area contributed by atoms with Crippen LogP contribution in [0.15, 0.2) is 18.2 Å². The van der Waals surface area contributed by atoms with E-state index in [2.05, 4.69) is 0 Å². The van der Waals surface area contributed by atoms with Gasteiger partial charge in [0.05, 0.1) is 12.2 Å². The molecule has 0 spiro atoms. The van der Waals surface area contributed by atoms with Gasteiger partial charge < -0.3 is 15.2 Å². The zero-order valence-electron chi connectivity index (χ0n) is 9.66. The Morgan fingerprint density at radius 2 is 2.12 bits per heavy atom. The maximum Gasteiger partial charge on any atom is 0.129 e. The van der Waals surface area contributed by atoms with E-state index in [1.807, 2.05) is 25.1 Å². The Morgan fingerprint density at radius 1 is 1.38 bits per heavy atom. The third-order valence-electron chi connectivity index (χ3n) is 2.15. The summed E-state index contributed by atoms with van der Waals surface area (Å²) in [5, 5.41) is 0. The van der Waals surface area contributed by atoms with Crippen LogP contribution in [0, 0.1) is 6.92 Å². The molecule has 0 aliphatic rings. The highest BCUT2D eigenvalue weighted by Crippen LogP contribution is 2.20. The molecule has 0 aliphatic carbocycles. The number of rotatable bonds is 6. The molecule has 88 valence electrons. The first kappa shape index (κ1) is 12.9. The molecule has 0 aromatic heterocycles. The number of hydrogen-bond donors (Lipinski definition) is 1. The lowest BCUT2D eigenvalue weighted by Gasteiger charge is -2.11. The lowest BCUT2D eigenvalue weighted by Crippen LogP contribution is -2.12. The van der Waals surface area contributed by atoms with Gasteiger partial charge in [0.15, 0.2) is 0 Å². The maximum atomic E-state index is 5.64. The Bertz CT molecular complexity index is 366. The van der Waals surface area contributed by atoms with E-state index in [1.165, 1.54) is 0 Å². The predicted molar refractivity (Wildman–Crippen MR) is 69.1 cm³/mol. The van der Waals surface area contributed by atoms with Crippen molar-refractivity contribution >= 4 is 17.2 Å². The Balaban J connectivity index is 2.67. The fourth-order valence-electron chi connectivity index (χ4n) is 1.35. The smallest absolute Gasteiger partial charge is 0.129 e. The molecule has 0 radical (unpaired) electrons. The van der Waals surface area contributed by atoms with Crippen LogP contribution in [0.25, 0.3) is 0 Å². The van der Waals surface area contributed by atoms with Crippen LogP contribution in [-0.2, 0) is 4.74 Å². The fraction of sp³-hybridized carbons (Fsp3) is 0.417. The maximum absolute atomic E-state index is 5.64. The van der Waals surface area contributed by atoms with Crippen molar-refractivity contribution in [1.29, 1.82) is 0 Å². The number of nitrogens with two attached hydrogens (primary N) is 1. The molecule has 0 saturated carbocycles. The van der Waals surface area contributed by atoms with Crippen molar-refractivity contribution in [3.8, 4) is 5.75 Å². The highest BCUT2D eigenvalue weighted by atomic mass is 32.1. The van der Waals surface area contributed by atoms with E-state index in [-0.39, 0.29) is 0 Å². The first-order valence-corrected chi connectivity index (χ1v) is 5.58. The second kappa shape index (κ2) is 6.45. The van der Waals surface area contributed by atoms with Crippen LogP contribution in [0.3, 0.4) is 0 Å². The van der Waals surface area contributed by atoms with Gasteiger partial charge in [-0.3, -0.25) is 0 Å². The average Bonchev–Trinajstić information content (AvgIpc) is 2.26. The number of benzene rings is 1. The average molecular weight is 239 g/mol. The first-order valence-electron chi connectivity index (χ1n) is 5.17. The van der Waals surface area contributed by atoms with Gasteiger partial charge in [0.1, 0.15) is 10.7 Å². The van der Waals surface area contributed by atoms with Crippen LogP contribution < -0.4 is 10.5 Å².